The van der Waals surface area contributed by atoms with Crippen LogP contribution in [0, 0.1) is 0 Å². The molecule has 2 aromatic carbocycles. The van der Waals surface area contributed by atoms with Crippen molar-refractivity contribution in [2.75, 3.05) is 69.1 Å². The van der Waals surface area contributed by atoms with Gasteiger partial charge in [0.2, 0.25) is 5.91 Å². The summed E-state index contributed by atoms with van der Waals surface area (Å²) in [6.07, 6.45) is 0. The fourth-order valence-corrected chi connectivity index (χ4v) is 4.64. The van der Waals surface area contributed by atoms with Crippen molar-refractivity contribution in [2.24, 2.45) is 0 Å². The van der Waals surface area contributed by atoms with Crippen LogP contribution in [0.1, 0.15) is 19.4 Å². The third kappa shape index (κ3) is 5.81. The van der Waals surface area contributed by atoms with Gasteiger partial charge in [0.05, 0.1) is 0 Å². The van der Waals surface area contributed by atoms with E-state index in [1.807, 2.05) is 11.8 Å². The largest absolute Gasteiger partial charge is 0.374 e. The first-order valence-electron chi connectivity index (χ1n) is 12.0. The van der Waals surface area contributed by atoms with E-state index in [-0.39, 0.29) is 11.9 Å². The van der Waals surface area contributed by atoms with E-state index in [1.165, 1.54) is 11.3 Å². The fraction of sp³-hybridized carbons (Fsp3) is 0.500. The van der Waals surface area contributed by atoms with E-state index in [2.05, 4.69) is 81.5 Å². The van der Waals surface area contributed by atoms with E-state index in [0.29, 0.717) is 0 Å². The zero-order valence-corrected chi connectivity index (χ0v) is 19.5. The minimum Gasteiger partial charge on any atom is -0.374 e. The van der Waals surface area contributed by atoms with Crippen molar-refractivity contribution in [3.8, 4) is 0 Å². The van der Waals surface area contributed by atoms with Gasteiger partial charge in [-0.2, -0.15) is 0 Å². The van der Waals surface area contributed by atoms with Crippen LogP contribution in [0.25, 0.3) is 0 Å². The number of benzene rings is 2. The van der Waals surface area contributed by atoms with E-state index in [1.54, 1.807) is 0 Å². The molecule has 1 atom stereocenters. The van der Waals surface area contributed by atoms with E-state index in [4.69, 9.17) is 0 Å². The predicted octanol–water partition coefficient (Wildman–Crippen LogP) is 2.97. The van der Waals surface area contributed by atoms with Crippen molar-refractivity contribution >= 4 is 17.3 Å². The van der Waals surface area contributed by atoms with Crippen LogP contribution in [0.2, 0.25) is 0 Å². The molecule has 2 aromatic rings. The van der Waals surface area contributed by atoms with Crippen LogP contribution in [0.4, 0.5) is 11.4 Å². The minimum absolute atomic E-state index is 0.184. The molecule has 6 nitrogen and oxygen atoms in total. The maximum Gasteiger partial charge on any atom is 0.244 e. The summed E-state index contributed by atoms with van der Waals surface area (Å²) in [7, 11) is 0. The molecule has 2 heterocycles. The van der Waals surface area contributed by atoms with Gasteiger partial charge in [0, 0.05) is 70.3 Å². The zero-order chi connectivity index (χ0) is 22.3. The molecule has 0 aliphatic carbocycles. The quantitative estimate of drug-likeness (QED) is 0.724. The van der Waals surface area contributed by atoms with E-state index < -0.39 is 0 Å². The zero-order valence-electron chi connectivity index (χ0n) is 19.5. The van der Waals surface area contributed by atoms with Crippen molar-refractivity contribution in [3.05, 3.63) is 60.2 Å². The topological polar surface area (TPSA) is 42.1 Å². The van der Waals surface area contributed by atoms with Crippen LogP contribution < -0.4 is 10.2 Å². The molecule has 4 rings (SSSR count). The highest BCUT2D eigenvalue weighted by atomic mass is 16.2. The minimum atomic E-state index is -0.227. The van der Waals surface area contributed by atoms with E-state index >= 15 is 0 Å². The molecule has 0 aromatic heterocycles. The first kappa shape index (κ1) is 22.6. The Morgan fingerprint density at radius 3 is 2.09 bits per heavy atom. The average molecular weight is 436 g/mol. The standard InChI is InChI=1S/C26H37N5O/c1-3-28-13-17-30(18-14-28)25-11-9-24(10-12-25)27-22(2)26(32)31-19-15-29(16-20-31)21-23-7-5-4-6-8-23/h4-12,22,27H,3,13-21H2,1-2H3. The highest BCUT2D eigenvalue weighted by Gasteiger charge is 2.25. The predicted molar refractivity (Wildman–Crippen MR) is 132 cm³/mol. The third-order valence-electron chi connectivity index (χ3n) is 6.74. The second-order valence-corrected chi connectivity index (χ2v) is 8.92. The highest BCUT2D eigenvalue weighted by molar-refractivity contribution is 5.84. The number of carbonyl (C=O) groups excluding carboxylic acids is 1. The van der Waals surface area contributed by atoms with Gasteiger partial charge in [-0.25, -0.2) is 0 Å². The number of anilines is 2. The van der Waals surface area contributed by atoms with Crippen LogP contribution in [-0.2, 0) is 11.3 Å². The molecule has 2 aliphatic heterocycles. The summed E-state index contributed by atoms with van der Waals surface area (Å²) in [5.41, 5.74) is 3.60. The number of nitrogens with zero attached hydrogens (tertiary/aromatic N) is 4. The third-order valence-corrected chi connectivity index (χ3v) is 6.74. The molecule has 0 radical (unpaired) electrons. The first-order chi connectivity index (χ1) is 15.6. The molecule has 1 N–H and O–H groups in total. The smallest absolute Gasteiger partial charge is 0.244 e. The van der Waals surface area contributed by atoms with Crippen LogP contribution in [-0.4, -0.2) is 85.6 Å². The van der Waals surface area contributed by atoms with Crippen molar-refractivity contribution in [1.82, 2.24) is 14.7 Å². The van der Waals surface area contributed by atoms with Crippen LogP contribution in [0.3, 0.4) is 0 Å². The lowest BCUT2D eigenvalue weighted by molar-refractivity contribution is -0.133. The summed E-state index contributed by atoms with van der Waals surface area (Å²) in [5.74, 6) is 0.184. The lowest BCUT2D eigenvalue weighted by atomic mass is 10.2. The van der Waals surface area contributed by atoms with Gasteiger partial charge in [-0.1, -0.05) is 37.3 Å². The molecule has 172 valence electrons. The molecule has 0 bridgehead atoms. The summed E-state index contributed by atoms with van der Waals surface area (Å²) in [4.78, 5) is 22.3. The Hall–Kier alpha value is -2.57. The van der Waals surface area contributed by atoms with Gasteiger partial charge in [-0.05, 0) is 43.3 Å². The van der Waals surface area contributed by atoms with Gasteiger partial charge in [0.1, 0.15) is 6.04 Å². The maximum atomic E-state index is 13.0. The fourth-order valence-electron chi connectivity index (χ4n) is 4.64. The van der Waals surface area contributed by atoms with E-state index in [0.717, 1.165) is 71.1 Å². The highest BCUT2D eigenvalue weighted by Crippen LogP contribution is 2.20. The number of carbonyl (C=O) groups is 1. The second kappa shape index (κ2) is 10.8. The Labute approximate surface area is 192 Å². The van der Waals surface area contributed by atoms with Crippen molar-refractivity contribution < 1.29 is 4.79 Å². The summed E-state index contributed by atoms with van der Waals surface area (Å²) in [6, 6.07) is 18.9. The number of hydrogen-bond acceptors (Lipinski definition) is 5. The normalized spacial score (nSPS) is 19.1. The molecule has 32 heavy (non-hydrogen) atoms. The van der Waals surface area contributed by atoms with Crippen LogP contribution in [0.5, 0.6) is 0 Å². The maximum absolute atomic E-state index is 13.0. The second-order valence-electron chi connectivity index (χ2n) is 8.92. The summed E-state index contributed by atoms with van der Waals surface area (Å²) in [5, 5.41) is 3.40. The van der Waals surface area contributed by atoms with Gasteiger partial charge < -0.3 is 20.0 Å². The van der Waals surface area contributed by atoms with Gasteiger partial charge in [-0.3, -0.25) is 9.69 Å². The van der Waals surface area contributed by atoms with Gasteiger partial charge in [0.25, 0.3) is 0 Å². The molecule has 1 amide bonds. The number of piperazine rings is 2. The van der Waals surface area contributed by atoms with E-state index in [9.17, 15) is 4.79 Å². The Kier molecular flexibility index (Phi) is 7.66. The Balaban J connectivity index is 1.23. The van der Waals surface area contributed by atoms with Gasteiger partial charge >= 0.3 is 0 Å². The number of rotatable bonds is 7. The molecule has 2 saturated heterocycles. The van der Waals surface area contributed by atoms with Crippen molar-refractivity contribution in [2.45, 2.75) is 26.4 Å². The summed E-state index contributed by atoms with van der Waals surface area (Å²) in [6.45, 7) is 14.1. The number of nitrogens with one attached hydrogen (secondary N) is 1. The summed E-state index contributed by atoms with van der Waals surface area (Å²) < 4.78 is 0. The number of amides is 1. The lowest BCUT2D eigenvalue weighted by Gasteiger charge is -2.36. The van der Waals surface area contributed by atoms with Crippen LogP contribution >= 0.6 is 0 Å². The first-order valence-corrected chi connectivity index (χ1v) is 12.0. The Bertz CT molecular complexity index is 840. The number of likely N-dealkylation sites (N-methyl/N-ethyl adjacent to an activating group) is 1. The monoisotopic (exact) mass is 435 g/mol. The summed E-state index contributed by atoms with van der Waals surface area (Å²) >= 11 is 0. The van der Waals surface area contributed by atoms with Gasteiger partial charge in [0.15, 0.2) is 0 Å². The van der Waals surface area contributed by atoms with Crippen molar-refractivity contribution in [3.63, 3.8) is 0 Å². The Morgan fingerprint density at radius 2 is 1.47 bits per heavy atom. The van der Waals surface area contributed by atoms with Crippen LogP contribution in [0.15, 0.2) is 54.6 Å². The molecule has 1 unspecified atom stereocenters. The Morgan fingerprint density at radius 1 is 0.844 bits per heavy atom. The van der Waals surface area contributed by atoms with Crippen molar-refractivity contribution in [1.29, 1.82) is 0 Å². The van der Waals surface area contributed by atoms with Gasteiger partial charge in [-0.15, -0.1) is 0 Å². The molecule has 2 fully saturated rings. The molecular formula is C26H37N5O. The molecule has 0 saturated carbocycles. The lowest BCUT2D eigenvalue weighted by Crippen LogP contribution is -2.51. The SMILES string of the molecule is CCN1CCN(c2ccc(NC(C)C(=O)N3CCN(Cc4ccccc4)CC3)cc2)CC1. The molecular weight excluding hydrogens is 398 g/mol. The number of hydrogen-bond donors (Lipinski definition) is 1. The molecule has 0 spiro atoms. The molecule has 6 heteroatoms. The molecule has 2 aliphatic rings. The average Bonchev–Trinajstić information content (AvgIpc) is 2.85.